The molecule has 0 spiro atoms. The van der Waals surface area contributed by atoms with Gasteiger partial charge in [0.1, 0.15) is 0 Å². The van der Waals surface area contributed by atoms with Crippen molar-refractivity contribution >= 4 is 10.8 Å². The minimum absolute atomic E-state index is 0.282. The SMILES string of the molecule is C=CCCOc1oc(=O)cc2ccccc12. The molecule has 0 bridgehead atoms. The van der Waals surface area contributed by atoms with E-state index in [2.05, 4.69) is 6.58 Å². The number of hydrogen-bond donors (Lipinski definition) is 0. The van der Waals surface area contributed by atoms with Crippen LogP contribution in [0.1, 0.15) is 6.42 Å². The molecule has 0 N–H and O–H groups in total. The first kappa shape index (κ1) is 10.5. The van der Waals surface area contributed by atoms with E-state index in [4.69, 9.17) is 9.15 Å². The molecule has 0 saturated carbocycles. The molecule has 0 unspecified atom stereocenters. The first-order valence-corrected chi connectivity index (χ1v) is 5.08. The zero-order chi connectivity index (χ0) is 11.4. The predicted molar refractivity (Wildman–Crippen MR) is 62.8 cm³/mol. The molecule has 2 rings (SSSR count). The average molecular weight is 216 g/mol. The van der Waals surface area contributed by atoms with Gasteiger partial charge in [0.05, 0.1) is 12.0 Å². The van der Waals surface area contributed by atoms with Gasteiger partial charge in [-0.25, -0.2) is 4.79 Å². The molecule has 0 atom stereocenters. The van der Waals surface area contributed by atoms with Crippen molar-refractivity contribution in [2.45, 2.75) is 6.42 Å². The van der Waals surface area contributed by atoms with Gasteiger partial charge < -0.3 is 9.15 Å². The molecule has 1 aromatic carbocycles. The summed E-state index contributed by atoms with van der Waals surface area (Å²) in [6, 6.07) is 8.92. The van der Waals surface area contributed by atoms with Crippen LogP contribution in [0.3, 0.4) is 0 Å². The normalized spacial score (nSPS) is 10.2. The van der Waals surface area contributed by atoms with Crippen molar-refractivity contribution in [1.29, 1.82) is 0 Å². The third kappa shape index (κ3) is 2.14. The van der Waals surface area contributed by atoms with Crippen LogP contribution >= 0.6 is 0 Å². The molecule has 0 aliphatic heterocycles. The Balaban J connectivity index is 2.42. The predicted octanol–water partition coefficient (Wildman–Crippen LogP) is 2.75. The summed E-state index contributed by atoms with van der Waals surface area (Å²) in [5.74, 6) is 0.282. The van der Waals surface area contributed by atoms with E-state index in [-0.39, 0.29) is 5.95 Å². The van der Waals surface area contributed by atoms with E-state index in [9.17, 15) is 4.79 Å². The van der Waals surface area contributed by atoms with Gasteiger partial charge in [-0.3, -0.25) is 0 Å². The Morgan fingerprint density at radius 1 is 1.38 bits per heavy atom. The zero-order valence-electron chi connectivity index (χ0n) is 8.81. The Morgan fingerprint density at radius 2 is 2.19 bits per heavy atom. The van der Waals surface area contributed by atoms with Gasteiger partial charge in [0.15, 0.2) is 0 Å². The second kappa shape index (κ2) is 4.66. The fourth-order valence-corrected chi connectivity index (χ4v) is 1.45. The molecule has 0 radical (unpaired) electrons. The van der Waals surface area contributed by atoms with Crippen molar-refractivity contribution in [1.82, 2.24) is 0 Å². The fourth-order valence-electron chi connectivity index (χ4n) is 1.45. The topological polar surface area (TPSA) is 39.4 Å². The highest BCUT2D eigenvalue weighted by atomic mass is 16.6. The van der Waals surface area contributed by atoms with Crippen LogP contribution in [0.2, 0.25) is 0 Å². The summed E-state index contributed by atoms with van der Waals surface area (Å²) in [4.78, 5) is 11.3. The third-order valence-corrected chi connectivity index (χ3v) is 2.20. The summed E-state index contributed by atoms with van der Waals surface area (Å²) in [6.07, 6.45) is 2.47. The molecule has 82 valence electrons. The lowest BCUT2D eigenvalue weighted by Crippen LogP contribution is -2.02. The van der Waals surface area contributed by atoms with Crippen LogP contribution in [-0.4, -0.2) is 6.61 Å². The van der Waals surface area contributed by atoms with Gasteiger partial charge in [0, 0.05) is 6.07 Å². The van der Waals surface area contributed by atoms with Gasteiger partial charge in [0.25, 0.3) is 5.95 Å². The van der Waals surface area contributed by atoms with E-state index >= 15 is 0 Å². The summed E-state index contributed by atoms with van der Waals surface area (Å²) in [6.45, 7) is 4.06. The second-order valence-electron chi connectivity index (χ2n) is 3.37. The third-order valence-electron chi connectivity index (χ3n) is 2.20. The highest BCUT2D eigenvalue weighted by Crippen LogP contribution is 2.23. The Kier molecular flexibility index (Phi) is 3.05. The quantitative estimate of drug-likeness (QED) is 0.582. The monoisotopic (exact) mass is 216 g/mol. The van der Waals surface area contributed by atoms with Crippen LogP contribution in [0.15, 0.2) is 52.2 Å². The number of fused-ring (bicyclic) bond motifs is 1. The molecule has 1 heterocycles. The Bertz CT molecular complexity index is 554. The Morgan fingerprint density at radius 3 is 3.00 bits per heavy atom. The molecule has 1 aromatic heterocycles. The second-order valence-corrected chi connectivity index (χ2v) is 3.37. The number of ether oxygens (including phenoxy) is 1. The van der Waals surface area contributed by atoms with Gasteiger partial charge in [-0.05, 0) is 17.9 Å². The first-order valence-electron chi connectivity index (χ1n) is 5.08. The summed E-state index contributed by atoms with van der Waals surface area (Å²) >= 11 is 0. The van der Waals surface area contributed by atoms with Gasteiger partial charge in [-0.1, -0.05) is 24.3 Å². The van der Waals surface area contributed by atoms with Crippen LogP contribution in [-0.2, 0) is 0 Å². The lowest BCUT2D eigenvalue weighted by Gasteiger charge is -2.05. The molecular weight excluding hydrogens is 204 g/mol. The first-order chi connectivity index (χ1) is 7.81. The van der Waals surface area contributed by atoms with Gasteiger partial charge in [-0.2, -0.15) is 0 Å². The van der Waals surface area contributed by atoms with E-state index in [0.717, 1.165) is 10.8 Å². The van der Waals surface area contributed by atoms with E-state index in [1.807, 2.05) is 24.3 Å². The van der Waals surface area contributed by atoms with Crippen LogP contribution < -0.4 is 10.4 Å². The largest absolute Gasteiger partial charge is 0.464 e. The molecule has 16 heavy (non-hydrogen) atoms. The Labute approximate surface area is 93.0 Å². The van der Waals surface area contributed by atoms with Gasteiger partial charge in [0.2, 0.25) is 0 Å². The molecule has 3 nitrogen and oxygen atoms in total. The molecule has 0 fully saturated rings. The standard InChI is InChI=1S/C13H12O3/c1-2-3-8-15-13-11-7-5-4-6-10(11)9-12(14)16-13/h2,4-7,9H,1,3,8H2. The zero-order valence-corrected chi connectivity index (χ0v) is 8.81. The molecule has 3 heteroatoms. The maximum atomic E-state index is 11.3. The van der Waals surface area contributed by atoms with Gasteiger partial charge >= 0.3 is 5.63 Å². The maximum Gasteiger partial charge on any atom is 0.339 e. The highest BCUT2D eigenvalue weighted by Gasteiger charge is 2.05. The van der Waals surface area contributed by atoms with Crippen molar-refractivity contribution in [3.8, 4) is 5.95 Å². The average Bonchev–Trinajstić information content (AvgIpc) is 2.29. The van der Waals surface area contributed by atoms with Crippen molar-refractivity contribution in [3.05, 3.63) is 53.4 Å². The summed E-state index contributed by atoms with van der Waals surface area (Å²) in [7, 11) is 0. The fraction of sp³-hybridized carbons (Fsp3) is 0.154. The minimum atomic E-state index is -0.396. The van der Waals surface area contributed by atoms with Crippen molar-refractivity contribution in [3.63, 3.8) is 0 Å². The van der Waals surface area contributed by atoms with E-state index in [0.29, 0.717) is 13.0 Å². The number of benzene rings is 1. The lowest BCUT2D eigenvalue weighted by atomic mass is 10.2. The number of rotatable bonds is 4. The minimum Gasteiger partial charge on any atom is -0.464 e. The smallest absolute Gasteiger partial charge is 0.339 e. The summed E-state index contributed by atoms with van der Waals surface area (Å²) in [5, 5.41) is 1.64. The molecule has 0 amide bonds. The summed E-state index contributed by atoms with van der Waals surface area (Å²) < 4.78 is 10.4. The van der Waals surface area contributed by atoms with E-state index < -0.39 is 5.63 Å². The molecule has 0 aliphatic carbocycles. The van der Waals surface area contributed by atoms with Crippen LogP contribution in [0.5, 0.6) is 5.95 Å². The van der Waals surface area contributed by atoms with E-state index in [1.54, 1.807) is 6.08 Å². The van der Waals surface area contributed by atoms with Crippen molar-refractivity contribution in [2.75, 3.05) is 6.61 Å². The van der Waals surface area contributed by atoms with E-state index in [1.165, 1.54) is 6.07 Å². The van der Waals surface area contributed by atoms with Crippen LogP contribution in [0.4, 0.5) is 0 Å². The van der Waals surface area contributed by atoms with Crippen molar-refractivity contribution < 1.29 is 9.15 Å². The number of hydrogen-bond acceptors (Lipinski definition) is 3. The summed E-state index contributed by atoms with van der Waals surface area (Å²) in [5.41, 5.74) is -0.396. The highest BCUT2D eigenvalue weighted by molar-refractivity contribution is 5.85. The Hall–Kier alpha value is -2.03. The van der Waals surface area contributed by atoms with Crippen LogP contribution in [0, 0.1) is 0 Å². The maximum absolute atomic E-state index is 11.3. The molecule has 2 aromatic rings. The molecule has 0 saturated heterocycles. The van der Waals surface area contributed by atoms with Gasteiger partial charge in [-0.15, -0.1) is 6.58 Å². The van der Waals surface area contributed by atoms with Crippen LogP contribution in [0.25, 0.3) is 10.8 Å². The molecular formula is C13H12O3. The van der Waals surface area contributed by atoms with Crippen molar-refractivity contribution in [2.24, 2.45) is 0 Å². The molecule has 0 aliphatic rings. The lowest BCUT2D eigenvalue weighted by molar-refractivity contribution is 0.240.